The molecule has 11 heteroatoms. The molecule has 0 radical (unpaired) electrons. The zero-order valence-electron chi connectivity index (χ0n) is 16.5. The topological polar surface area (TPSA) is 77.0 Å². The fourth-order valence-corrected chi connectivity index (χ4v) is 5.07. The van der Waals surface area contributed by atoms with Crippen LogP contribution in [-0.4, -0.2) is 15.8 Å². The lowest BCUT2D eigenvalue weighted by atomic mass is 10.1. The number of aromatic nitrogens is 1. The number of rotatable bonds is 3. The van der Waals surface area contributed by atoms with Crippen LogP contribution in [-0.2, 0) is 19.3 Å². The Kier molecular flexibility index (Phi) is 6.18. The van der Waals surface area contributed by atoms with Gasteiger partial charge in [0, 0.05) is 22.9 Å². The first kappa shape index (κ1) is 23.2. The Morgan fingerprint density at radius 3 is 2.39 bits per heavy atom. The molecule has 1 amide bonds. The predicted molar refractivity (Wildman–Crippen MR) is 117 cm³/mol. The van der Waals surface area contributed by atoms with Crippen molar-refractivity contribution in [2.75, 3.05) is 0 Å². The Morgan fingerprint density at radius 2 is 1.76 bits per heavy atom. The minimum Gasteiger partial charge on any atom is -0.330 e. The molecule has 0 fully saturated rings. The van der Waals surface area contributed by atoms with E-state index in [2.05, 4.69) is 0 Å². The van der Waals surface area contributed by atoms with Gasteiger partial charge in [-0.25, -0.2) is 0 Å². The van der Waals surface area contributed by atoms with Crippen LogP contribution in [0.15, 0.2) is 57.1 Å². The summed E-state index contributed by atoms with van der Waals surface area (Å²) in [5.74, 6) is -0.745. The van der Waals surface area contributed by atoms with Crippen molar-refractivity contribution >= 4 is 40.9 Å². The summed E-state index contributed by atoms with van der Waals surface area (Å²) >= 11 is 13.0. The molecule has 0 aliphatic carbocycles. The number of aromatic amines is 1. The van der Waals surface area contributed by atoms with Crippen molar-refractivity contribution in [3.63, 3.8) is 0 Å². The molecule has 3 aromatic rings. The summed E-state index contributed by atoms with van der Waals surface area (Å²) in [4.78, 5) is 29.1. The Balaban J connectivity index is 1.78. The third-order valence-corrected chi connectivity index (χ3v) is 7.03. The van der Waals surface area contributed by atoms with Crippen molar-refractivity contribution in [2.24, 2.45) is 0 Å². The molecule has 0 unspecified atom stereocenters. The highest BCUT2D eigenvalue weighted by molar-refractivity contribution is 7.99. The first-order valence-electron chi connectivity index (χ1n) is 9.36. The van der Waals surface area contributed by atoms with Crippen molar-refractivity contribution in [1.82, 2.24) is 9.88 Å². The summed E-state index contributed by atoms with van der Waals surface area (Å²) in [7, 11) is 0. The molecule has 168 valence electrons. The number of H-pyrrole nitrogens is 1. The van der Waals surface area contributed by atoms with E-state index in [1.165, 1.54) is 17.0 Å². The van der Waals surface area contributed by atoms with E-state index in [0.717, 1.165) is 11.1 Å². The zero-order chi connectivity index (χ0) is 23.9. The summed E-state index contributed by atoms with van der Waals surface area (Å²) in [6.45, 7) is 0.262. The number of nitrogens with zero attached hydrogens (tertiary/aromatic N) is 2. The maximum atomic E-state index is 13.4. The average Bonchev–Trinajstić information content (AvgIpc) is 3.18. The van der Waals surface area contributed by atoms with E-state index in [1.807, 2.05) is 6.07 Å². The Labute approximate surface area is 199 Å². The Hall–Kier alpha value is -2.93. The van der Waals surface area contributed by atoms with Gasteiger partial charge in [0.25, 0.3) is 11.5 Å². The van der Waals surface area contributed by atoms with Gasteiger partial charge in [-0.05, 0) is 41.5 Å². The average molecular weight is 510 g/mol. The summed E-state index contributed by atoms with van der Waals surface area (Å²) in [5, 5.41) is 9.41. The molecule has 0 bridgehead atoms. The number of nitrogens with one attached hydrogen (secondary N) is 1. The van der Waals surface area contributed by atoms with E-state index in [4.69, 9.17) is 28.5 Å². The van der Waals surface area contributed by atoms with Gasteiger partial charge in [0.1, 0.15) is 11.3 Å². The minimum absolute atomic E-state index is 0.112. The Morgan fingerprint density at radius 1 is 1.09 bits per heavy atom. The van der Waals surface area contributed by atoms with Crippen LogP contribution < -0.4 is 5.56 Å². The van der Waals surface area contributed by atoms with E-state index in [0.29, 0.717) is 23.4 Å². The molecule has 4 rings (SSSR count). The molecule has 1 aliphatic rings. The van der Waals surface area contributed by atoms with Gasteiger partial charge in [-0.15, -0.1) is 0 Å². The van der Waals surface area contributed by atoms with Crippen LogP contribution in [0.3, 0.4) is 0 Å². The number of carbonyl (C=O) groups excluding carboxylic acids is 1. The van der Waals surface area contributed by atoms with Crippen molar-refractivity contribution in [3.05, 3.63) is 90.8 Å². The summed E-state index contributed by atoms with van der Waals surface area (Å²) in [6, 6.07) is 12.2. The lowest BCUT2D eigenvalue weighted by molar-refractivity contribution is -0.141. The molecule has 2 aromatic carbocycles. The molecule has 0 spiro atoms. The van der Waals surface area contributed by atoms with Crippen molar-refractivity contribution in [1.29, 1.82) is 5.26 Å². The second-order valence-electron chi connectivity index (χ2n) is 7.16. The molecule has 0 saturated carbocycles. The Bertz CT molecular complexity index is 1360. The van der Waals surface area contributed by atoms with Gasteiger partial charge in [0.2, 0.25) is 0 Å². The second kappa shape index (κ2) is 8.78. The molecule has 2 heterocycles. The molecule has 1 aliphatic heterocycles. The summed E-state index contributed by atoms with van der Waals surface area (Å²) in [5.41, 5.74) is -0.979. The number of fused-ring (bicyclic) bond motifs is 1. The number of hydrogen-bond acceptors (Lipinski definition) is 4. The third-order valence-electron chi connectivity index (χ3n) is 4.99. The lowest BCUT2D eigenvalue weighted by Gasteiger charge is -2.18. The van der Waals surface area contributed by atoms with Crippen LogP contribution in [0.4, 0.5) is 13.2 Å². The minimum atomic E-state index is -4.84. The number of pyridine rings is 1. The smallest absolute Gasteiger partial charge is 0.330 e. The summed E-state index contributed by atoms with van der Waals surface area (Å²) < 4.78 is 40.1. The fraction of sp³-hybridized carbons (Fsp3) is 0.136. The number of benzene rings is 2. The van der Waals surface area contributed by atoms with Crippen LogP contribution in [0.5, 0.6) is 0 Å². The number of hydrogen-bond donors (Lipinski definition) is 1. The van der Waals surface area contributed by atoms with Crippen LogP contribution in [0.1, 0.15) is 32.7 Å². The van der Waals surface area contributed by atoms with Gasteiger partial charge in [0.05, 0.1) is 21.7 Å². The molecule has 33 heavy (non-hydrogen) atoms. The van der Waals surface area contributed by atoms with E-state index in [9.17, 15) is 22.8 Å². The molecular weight excluding hydrogens is 498 g/mol. The van der Waals surface area contributed by atoms with Gasteiger partial charge in [-0.2, -0.15) is 18.4 Å². The van der Waals surface area contributed by atoms with Crippen LogP contribution in [0.25, 0.3) is 0 Å². The normalized spacial score (nSPS) is 13.0. The predicted octanol–water partition coefficient (Wildman–Crippen LogP) is 5.88. The van der Waals surface area contributed by atoms with Crippen LogP contribution in [0.2, 0.25) is 10.0 Å². The number of halogens is 5. The van der Waals surface area contributed by atoms with Crippen molar-refractivity contribution < 1.29 is 18.0 Å². The summed E-state index contributed by atoms with van der Waals surface area (Å²) in [6.07, 6.45) is -4.84. The SMILES string of the molecule is N#Cc1ccc2c(c1)CN(C(=O)c1c(Sc3c(Cl)cccc3Cl)cc(C(F)(F)F)[nH]c1=O)C2. The molecule has 1 N–H and O–H groups in total. The lowest BCUT2D eigenvalue weighted by Crippen LogP contribution is -2.32. The maximum absolute atomic E-state index is 13.4. The fourth-order valence-electron chi connectivity index (χ4n) is 3.43. The molecule has 5 nitrogen and oxygen atoms in total. The van der Waals surface area contributed by atoms with Gasteiger partial charge in [0.15, 0.2) is 0 Å². The van der Waals surface area contributed by atoms with Crippen molar-refractivity contribution in [2.45, 2.75) is 29.1 Å². The van der Waals surface area contributed by atoms with Gasteiger partial charge in [-0.3, -0.25) is 9.59 Å². The highest BCUT2D eigenvalue weighted by atomic mass is 35.5. The highest BCUT2D eigenvalue weighted by Gasteiger charge is 2.35. The molecule has 0 saturated heterocycles. The van der Waals surface area contributed by atoms with Crippen molar-refractivity contribution in [3.8, 4) is 6.07 Å². The monoisotopic (exact) mass is 509 g/mol. The number of carbonyl (C=O) groups is 1. The quantitative estimate of drug-likeness (QED) is 0.478. The van der Waals surface area contributed by atoms with E-state index in [-0.39, 0.29) is 32.9 Å². The number of amides is 1. The van der Waals surface area contributed by atoms with E-state index in [1.54, 1.807) is 29.2 Å². The third kappa shape index (κ3) is 4.60. The zero-order valence-corrected chi connectivity index (χ0v) is 18.8. The van der Waals surface area contributed by atoms with Crippen LogP contribution in [0, 0.1) is 11.3 Å². The number of nitriles is 1. The largest absolute Gasteiger partial charge is 0.431 e. The molecular formula is C22H12Cl2F3N3O2S. The van der Waals surface area contributed by atoms with Gasteiger partial charge < -0.3 is 9.88 Å². The van der Waals surface area contributed by atoms with E-state index >= 15 is 0 Å². The number of alkyl halides is 3. The standard InChI is InChI=1S/C22H12Cl2F3N3O2S/c23-14-2-1-3-15(24)19(14)33-16-7-17(22(25,26)27)29-20(31)18(16)21(32)30-9-12-5-4-11(8-28)6-13(12)10-30/h1-7H,9-10H2,(H,29,31). The first-order chi connectivity index (χ1) is 15.6. The van der Waals surface area contributed by atoms with Gasteiger partial charge >= 0.3 is 6.18 Å². The maximum Gasteiger partial charge on any atom is 0.431 e. The molecule has 0 atom stereocenters. The highest BCUT2D eigenvalue weighted by Crippen LogP contribution is 2.41. The van der Waals surface area contributed by atoms with Crippen LogP contribution >= 0.6 is 35.0 Å². The van der Waals surface area contributed by atoms with E-state index < -0.39 is 28.9 Å². The first-order valence-corrected chi connectivity index (χ1v) is 10.9. The van der Waals surface area contributed by atoms with Gasteiger partial charge in [-0.1, -0.05) is 47.1 Å². The second-order valence-corrected chi connectivity index (χ2v) is 9.03. The molecule has 1 aromatic heterocycles.